The normalized spacial score (nSPS) is 13.9. The van der Waals surface area contributed by atoms with E-state index < -0.39 is 12.5 Å². The molecule has 6 heteroatoms. The van der Waals surface area contributed by atoms with Crippen molar-refractivity contribution >= 4 is 11.9 Å². The number of nitrogens with zero attached hydrogens (tertiary/aromatic N) is 1. The molecule has 1 aliphatic carbocycles. The number of carboxylic acid groups (broad SMARTS) is 1. The van der Waals surface area contributed by atoms with Crippen molar-refractivity contribution in [1.82, 2.24) is 4.90 Å². The van der Waals surface area contributed by atoms with Gasteiger partial charge in [0, 0.05) is 30.1 Å². The van der Waals surface area contributed by atoms with E-state index in [4.69, 9.17) is 17.3 Å². The van der Waals surface area contributed by atoms with Crippen LogP contribution in [0.4, 0.5) is 0 Å². The average Bonchev–Trinajstić information content (AvgIpc) is 3.75. The van der Waals surface area contributed by atoms with Crippen LogP contribution in [0.1, 0.15) is 57.2 Å². The highest BCUT2D eigenvalue weighted by Crippen LogP contribution is 2.32. The van der Waals surface area contributed by atoms with Crippen LogP contribution >= 0.6 is 0 Å². The molecular weight excluding hydrogens is 454 g/mol. The van der Waals surface area contributed by atoms with Crippen LogP contribution in [-0.4, -0.2) is 41.6 Å². The molecule has 0 spiro atoms. The Morgan fingerprint density at radius 1 is 0.944 bits per heavy atom. The Labute approximate surface area is 215 Å². The second-order valence-electron chi connectivity index (χ2n) is 8.87. The smallest absolute Gasteiger partial charge is 0.303 e. The van der Waals surface area contributed by atoms with Gasteiger partial charge in [-0.15, -0.1) is 0 Å². The standard InChI is InChI=1S/C30H33NO5/c1-35-27-18-14-23(15-19-27)22-10-12-24(13-11-22)30(34)31(26-16-17-26)21-25-7-4-5-8-28(25)36-20-6-2-3-9-29(32)33/h4-5,7-8,10-15,18-19,26H,2-3,6,9,16-17,20-21H2,1H3,(H,32,33)/i21D2. The molecule has 6 nitrogen and oxygen atoms in total. The summed E-state index contributed by atoms with van der Waals surface area (Å²) in [6.07, 6.45) is 3.57. The SMILES string of the molecule is [2H]C([2H])(c1ccccc1OCCCCCC(=O)O)N(C(=O)c1ccc(-c2ccc(OC)cc2)cc1)C1CC1. The molecule has 0 aliphatic heterocycles. The molecule has 1 N–H and O–H groups in total. The van der Waals surface area contributed by atoms with Gasteiger partial charge in [-0.3, -0.25) is 9.59 Å². The highest BCUT2D eigenvalue weighted by molar-refractivity contribution is 5.95. The molecule has 0 bridgehead atoms. The number of carboxylic acids is 1. The average molecular weight is 490 g/mol. The minimum absolute atomic E-state index is 0.124. The minimum Gasteiger partial charge on any atom is -0.497 e. The maximum Gasteiger partial charge on any atom is 0.303 e. The molecule has 0 atom stereocenters. The lowest BCUT2D eigenvalue weighted by Gasteiger charge is -2.24. The van der Waals surface area contributed by atoms with Crippen molar-refractivity contribution in [1.29, 1.82) is 0 Å². The second kappa shape index (κ2) is 12.2. The number of unbranched alkanes of at least 4 members (excludes halogenated alkanes) is 2. The lowest BCUT2D eigenvalue weighted by atomic mass is 10.0. The molecule has 1 aliphatic rings. The number of methoxy groups -OCH3 is 1. The zero-order chi connectivity index (χ0) is 27.1. The van der Waals surface area contributed by atoms with E-state index in [-0.39, 0.29) is 18.4 Å². The van der Waals surface area contributed by atoms with E-state index in [1.165, 1.54) is 4.90 Å². The molecular formula is C30H33NO5. The van der Waals surface area contributed by atoms with E-state index in [0.717, 1.165) is 29.7 Å². The van der Waals surface area contributed by atoms with Crippen LogP contribution in [0.3, 0.4) is 0 Å². The first-order valence-electron chi connectivity index (χ1n) is 13.3. The lowest BCUT2D eigenvalue weighted by molar-refractivity contribution is -0.137. The summed E-state index contributed by atoms with van der Waals surface area (Å²) < 4.78 is 29.2. The molecule has 1 saturated carbocycles. The minimum atomic E-state index is -2.08. The largest absolute Gasteiger partial charge is 0.497 e. The van der Waals surface area contributed by atoms with Gasteiger partial charge in [0.15, 0.2) is 0 Å². The summed E-state index contributed by atoms with van der Waals surface area (Å²) in [5.41, 5.74) is 2.68. The Morgan fingerprint density at radius 3 is 2.25 bits per heavy atom. The van der Waals surface area contributed by atoms with Gasteiger partial charge in [0.25, 0.3) is 5.91 Å². The van der Waals surface area contributed by atoms with E-state index in [1.807, 2.05) is 36.4 Å². The quantitative estimate of drug-likeness (QED) is 0.290. The van der Waals surface area contributed by atoms with Crippen molar-refractivity contribution in [3.05, 3.63) is 83.9 Å². The van der Waals surface area contributed by atoms with E-state index in [0.29, 0.717) is 42.7 Å². The molecule has 1 amide bonds. The van der Waals surface area contributed by atoms with Crippen molar-refractivity contribution in [2.24, 2.45) is 0 Å². The Kier molecular flexibility index (Phi) is 7.71. The zero-order valence-corrected chi connectivity index (χ0v) is 20.5. The predicted molar refractivity (Wildman–Crippen MR) is 139 cm³/mol. The van der Waals surface area contributed by atoms with Gasteiger partial charge >= 0.3 is 5.97 Å². The van der Waals surface area contributed by atoms with E-state index in [1.54, 1.807) is 43.5 Å². The Hall–Kier alpha value is -3.80. The third kappa shape index (κ3) is 6.87. The molecule has 0 unspecified atom stereocenters. The number of hydrogen-bond donors (Lipinski definition) is 1. The number of carbonyl (C=O) groups excluding carboxylic acids is 1. The van der Waals surface area contributed by atoms with Crippen LogP contribution in [0, 0.1) is 0 Å². The van der Waals surface area contributed by atoms with Crippen molar-refractivity contribution in [2.75, 3.05) is 13.7 Å². The van der Waals surface area contributed by atoms with E-state index >= 15 is 0 Å². The summed E-state index contributed by atoms with van der Waals surface area (Å²) in [6.45, 7) is -1.73. The molecule has 0 saturated heterocycles. The Morgan fingerprint density at radius 2 is 1.61 bits per heavy atom. The van der Waals surface area contributed by atoms with Gasteiger partial charge in [0.05, 0.1) is 16.5 Å². The lowest BCUT2D eigenvalue weighted by Crippen LogP contribution is -2.32. The topological polar surface area (TPSA) is 76.1 Å². The number of ether oxygens (including phenoxy) is 2. The first-order chi connectivity index (χ1) is 18.3. The number of carbonyl (C=O) groups is 2. The molecule has 0 aromatic heterocycles. The number of para-hydroxylation sites is 1. The van der Waals surface area contributed by atoms with E-state index in [9.17, 15) is 9.59 Å². The van der Waals surface area contributed by atoms with Crippen molar-refractivity contribution < 1.29 is 26.9 Å². The Bertz CT molecular complexity index is 1240. The van der Waals surface area contributed by atoms with Crippen LogP contribution in [-0.2, 0) is 11.3 Å². The molecule has 188 valence electrons. The molecule has 3 aromatic carbocycles. The van der Waals surface area contributed by atoms with Gasteiger partial charge in [-0.2, -0.15) is 0 Å². The summed E-state index contributed by atoms with van der Waals surface area (Å²) in [5, 5.41) is 8.78. The summed E-state index contributed by atoms with van der Waals surface area (Å²) in [6, 6.07) is 21.6. The summed E-state index contributed by atoms with van der Waals surface area (Å²) in [5.74, 6) is -0.0127. The first kappa shape index (κ1) is 22.7. The van der Waals surface area contributed by atoms with Crippen LogP contribution < -0.4 is 9.47 Å². The zero-order valence-electron chi connectivity index (χ0n) is 22.5. The third-order valence-corrected chi connectivity index (χ3v) is 6.11. The molecule has 4 rings (SSSR count). The maximum atomic E-state index is 13.7. The first-order valence-corrected chi connectivity index (χ1v) is 12.3. The fraction of sp³-hybridized carbons (Fsp3) is 0.333. The number of hydrogen-bond acceptors (Lipinski definition) is 4. The van der Waals surface area contributed by atoms with Gasteiger partial charge in [0.2, 0.25) is 0 Å². The van der Waals surface area contributed by atoms with Gasteiger partial charge in [-0.1, -0.05) is 42.5 Å². The van der Waals surface area contributed by atoms with Gasteiger partial charge in [-0.05, 0) is 73.6 Å². The number of amides is 1. The Balaban J connectivity index is 1.50. The van der Waals surface area contributed by atoms with Crippen LogP contribution in [0.5, 0.6) is 11.5 Å². The predicted octanol–water partition coefficient (Wildman–Crippen LogP) is 6.19. The van der Waals surface area contributed by atoms with Crippen molar-refractivity contribution in [3.8, 4) is 22.6 Å². The fourth-order valence-electron chi connectivity index (χ4n) is 3.92. The molecule has 36 heavy (non-hydrogen) atoms. The summed E-state index contributed by atoms with van der Waals surface area (Å²) in [4.78, 5) is 25.7. The van der Waals surface area contributed by atoms with E-state index in [2.05, 4.69) is 0 Å². The van der Waals surface area contributed by atoms with Crippen molar-refractivity contribution in [3.63, 3.8) is 0 Å². The molecule has 0 radical (unpaired) electrons. The molecule has 0 heterocycles. The highest BCUT2D eigenvalue weighted by Gasteiger charge is 2.33. The number of benzene rings is 3. The molecule has 1 fully saturated rings. The monoisotopic (exact) mass is 489 g/mol. The maximum absolute atomic E-state index is 13.7. The fourth-order valence-corrected chi connectivity index (χ4v) is 3.92. The van der Waals surface area contributed by atoms with Gasteiger partial charge in [-0.25, -0.2) is 0 Å². The molecule has 3 aromatic rings. The third-order valence-electron chi connectivity index (χ3n) is 6.11. The summed E-state index contributed by atoms with van der Waals surface area (Å²) >= 11 is 0. The highest BCUT2D eigenvalue weighted by atomic mass is 16.5. The van der Waals surface area contributed by atoms with Gasteiger partial charge < -0.3 is 19.5 Å². The summed E-state index contributed by atoms with van der Waals surface area (Å²) in [7, 11) is 1.62. The van der Waals surface area contributed by atoms with Crippen molar-refractivity contribution in [2.45, 2.75) is 51.1 Å². The second-order valence-corrected chi connectivity index (χ2v) is 8.87. The number of aliphatic carboxylic acids is 1. The van der Waals surface area contributed by atoms with Crippen LogP contribution in [0.15, 0.2) is 72.8 Å². The van der Waals surface area contributed by atoms with Crippen LogP contribution in [0.2, 0.25) is 0 Å². The van der Waals surface area contributed by atoms with Crippen LogP contribution in [0.25, 0.3) is 11.1 Å². The van der Waals surface area contributed by atoms with Gasteiger partial charge in [0.1, 0.15) is 11.5 Å². The number of rotatable bonds is 13.